The van der Waals surface area contributed by atoms with Crippen LogP contribution in [0, 0.1) is 0 Å². The maximum atomic E-state index is 12.9. The minimum atomic E-state index is -0.911. The molecule has 3 unspecified atom stereocenters. The van der Waals surface area contributed by atoms with Crippen molar-refractivity contribution in [3.8, 4) is 0 Å². The van der Waals surface area contributed by atoms with Crippen LogP contribution in [0.1, 0.15) is 37.3 Å². The van der Waals surface area contributed by atoms with Crippen molar-refractivity contribution in [2.24, 2.45) is 5.73 Å². The van der Waals surface area contributed by atoms with Gasteiger partial charge < -0.3 is 21.3 Å². The molecule has 2 fully saturated rings. The Bertz CT molecular complexity index is 917. The Balaban J connectivity index is 1.51. The van der Waals surface area contributed by atoms with Crippen molar-refractivity contribution in [1.29, 1.82) is 0 Å². The standard InChI is InChI=1S/C16H20N8O3S2/c1-16(2)11(12-20-22-23-21-12)24-14(27)10(15(24)29-16)19-13(26)9(18-8(25)5-17)7-3-4-28-6-7/h3-4,6,9-11,15H,5,17H2,1-2H3,(H,18,25)(H,19,26)(H,20,21,22,23)/t9?,10?,11?,15-/m1/s1. The van der Waals surface area contributed by atoms with E-state index in [1.807, 2.05) is 19.2 Å². The van der Waals surface area contributed by atoms with Gasteiger partial charge in [0.1, 0.15) is 23.5 Å². The molecule has 2 aliphatic rings. The van der Waals surface area contributed by atoms with Crippen LogP contribution in [-0.4, -0.2) is 66.0 Å². The van der Waals surface area contributed by atoms with E-state index in [4.69, 9.17) is 5.73 Å². The molecule has 0 spiro atoms. The van der Waals surface area contributed by atoms with Crippen molar-refractivity contribution < 1.29 is 14.4 Å². The second kappa shape index (κ2) is 7.39. The number of thiophene rings is 1. The number of β-lactam (4-membered cyclic amide) rings is 1. The number of nitrogens with two attached hydrogens (primary N) is 1. The molecule has 4 atom stereocenters. The van der Waals surface area contributed by atoms with Gasteiger partial charge in [-0.15, -0.1) is 22.0 Å². The first-order chi connectivity index (χ1) is 13.8. The normalized spacial score (nSPS) is 25.8. The Morgan fingerprint density at radius 3 is 2.86 bits per heavy atom. The highest BCUT2D eigenvalue weighted by Gasteiger charge is 2.63. The number of thioether (sulfide) groups is 1. The van der Waals surface area contributed by atoms with Gasteiger partial charge in [-0.2, -0.15) is 16.6 Å². The van der Waals surface area contributed by atoms with Gasteiger partial charge in [0.05, 0.1) is 6.54 Å². The fraction of sp³-hybridized carbons (Fsp3) is 0.500. The number of rotatable bonds is 6. The van der Waals surface area contributed by atoms with Crippen molar-refractivity contribution in [3.63, 3.8) is 0 Å². The Labute approximate surface area is 174 Å². The minimum absolute atomic E-state index is 0.217. The molecule has 5 N–H and O–H groups in total. The number of H-pyrrole nitrogens is 1. The molecular formula is C16H20N8O3S2. The SMILES string of the molecule is CC1(C)S[C@@H]2C(NC(=O)C(NC(=O)CN)c3ccsc3)C(=O)N2C1c1nn[nH]n1. The fourth-order valence-electron chi connectivity index (χ4n) is 3.65. The molecule has 2 saturated heterocycles. The quantitative estimate of drug-likeness (QED) is 0.433. The lowest BCUT2D eigenvalue weighted by molar-refractivity contribution is -0.152. The third-order valence-corrected chi connectivity index (χ3v) is 7.25. The van der Waals surface area contributed by atoms with Crippen molar-refractivity contribution in [2.75, 3.05) is 6.54 Å². The Morgan fingerprint density at radius 1 is 1.45 bits per heavy atom. The minimum Gasteiger partial charge on any atom is -0.340 e. The summed E-state index contributed by atoms with van der Waals surface area (Å²) in [6.07, 6.45) is 0. The van der Waals surface area contributed by atoms with Crippen molar-refractivity contribution in [1.82, 2.24) is 36.2 Å². The average molecular weight is 437 g/mol. The van der Waals surface area contributed by atoms with Crippen LogP contribution in [0.15, 0.2) is 16.8 Å². The number of aromatic nitrogens is 4. The number of carbonyl (C=O) groups is 3. The first-order valence-electron chi connectivity index (χ1n) is 8.88. The molecule has 11 nitrogen and oxygen atoms in total. The van der Waals surface area contributed by atoms with Crippen LogP contribution in [0.5, 0.6) is 0 Å². The largest absolute Gasteiger partial charge is 0.340 e. The van der Waals surface area contributed by atoms with Gasteiger partial charge in [0.2, 0.25) is 17.7 Å². The summed E-state index contributed by atoms with van der Waals surface area (Å²) >= 11 is 2.98. The third kappa shape index (κ3) is 3.38. The first kappa shape index (κ1) is 19.8. The smallest absolute Gasteiger partial charge is 0.249 e. The highest BCUT2D eigenvalue weighted by molar-refractivity contribution is 8.01. The van der Waals surface area contributed by atoms with Crippen LogP contribution < -0.4 is 16.4 Å². The zero-order valence-electron chi connectivity index (χ0n) is 15.7. The molecule has 0 bridgehead atoms. The summed E-state index contributed by atoms with van der Waals surface area (Å²) in [5.41, 5.74) is 6.01. The number of tetrazole rings is 1. The van der Waals surface area contributed by atoms with Gasteiger partial charge in [-0.05, 0) is 36.2 Å². The number of hydrogen-bond acceptors (Lipinski definition) is 9. The van der Waals surface area contributed by atoms with Crippen LogP contribution in [0.25, 0.3) is 0 Å². The predicted octanol–water partition coefficient (Wildman–Crippen LogP) is -0.703. The number of nitrogens with zero attached hydrogens (tertiary/aromatic N) is 4. The van der Waals surface area contributed by atoms with Crippen LogP contribution >= 0.6 is 23.1 Å². The van der Waals surface area contributed by atoms with Gasteiger partial charge in [-0.3, -0.25) is 14.4 Å². The Kier molecular flexibility index (Phi) is 5.04. The van der Waals surface area contributed by atoms with Crippen LogP contribution in [0.4, 0.5) is 0 Å². The highest BCUT2D eigenvalue weighted by Crippen LogP contribution is 2.56. The number of carbonyl (C=O) groups excluding carboxylic acids is 3. The van der Waals surface area contributed by atoms with Crippen molar-refractivity contribution >= 4 is 40.8 Å². The number of nitrogens with one attached hydrogen (secondary N) is 3. The molecule has 0 aromatic carbocycles. The van der Waals surface area contributed by atoms with Crippen LogP contribution in [0.3, 0.4) is 0 Å². The maximum Gasteiger partial charge on any atom is 0.249 e. The maximum absolute atomic E-state index is 12.9. The molecule has 0 aliphatic carbocycles. The van der Waals surface area contributed by atoms with E-state index in [1.165, 1.54) is 11.3 Å². The summed E-state index contributed by atoms with van der Waals surface area (Å²) in [4.78, 5) is 39.2. The number of hydrogen-bond donors (Lipinski definition) is 4. The molecule has 154 valence electrons. The summed E-state index contributed by atoms with van der Waals surface area (Å²) in [7, 11) is 0. The van der Waals surface area contributed by atoms with E-state index in [2.05, 4.69) is 31.3 Å². The van der Waals surface area contributed by atoms with E-state index >= 15 is 0 Å². The van der Waals surface area contributed by atoms with E-state index in [9.17, 15) is 14.4 Å². The molecule has 3 amide bonds. The van der Waals surface area contributed by atoms with E-state index in [1.54, 1.807) is 28.1 Å². The molecule has 0 saturated carbocycles. The zero-order chi connectivity index (χ0) is 20.8. The van der Waals surface area contributed by atoms with E-state index in [-0.39, 0.29) is 28.6 Å². The molecule has 2 aromatic heterocycles. The number of aromatic amines is 1. The second-order valence-corrected chi connectivity index (χ2v) is 9.83. The first-order valence-corrected chi connectivity index (χ1v) is 10.7. The summed E-state index contributed by atoms with van der Waals surface area (Å²) in [5, 5.41) is 22.8. The monoisotopic (exact) mass is 436 g/mol. The summed E-state index contributed by atoms with van der Waals surface area (Å²) < 4.78 is -0.357. The van der Waals surface area contributed by atoms with Crippen molar-refractivity contribution in [2.45, 2.75) is 42.1 Å². The Hall–Kier alpha value is -2.51. The molecule has 0 radical (unpaired) electrons. The molecule has 4 heterocycles. The molecular weight excluding hydrogens is 416 g/mol. The van der Waals surface area contributed by atoms with Gasteiger partial charge in [0.25, 0.3) is 0 Å². The molecule has 4 rings (SSSR count). The lowest BCUT2D eigenvalue weighted by Crippen LogP contribution is -2.68. The molecule has 13 heteroatoms. The summed E-state index contributed by atoms with van der Waals surface area (Å²) in [6.45, 7) is 3.76. The third-order valence-electron chi connectivity index (χ3n) is 4.97. The molecule has 29 heavy (non-hydrogen) atoms. The van der Waals surface area contributed by atoms with Crippen LogP contribution in [0.2, 0.25) is 0 Å². The van der Waals surface area contributed by atoms with Gasteiger partial charge in [-0.25, -0.2) is 0 Å². The van der Waals surface area contributed by atoms with Crippen molar-refractivity contribution in [3.05, 3.63) is 28.2 Å². The number of fused-ring (bicyclic) bond motifs is 1. The van der Waals surface area contributed by atoms with E-state index < -0.39 is 23.9 Å². The van der Waals surface area contributed by atoms with Gasteiger partial charge in [0, 0.05) is 4.75 Å². The van der Waals surface area contributed by atoms with Gasteiger partial charge in [-0.1, -0.05) is 5.21 Å². The molecule has 2 aliphatic heterocycles. The van der Waals surface area contributed by atoms with Crippen LogP contribution in [-0.2, 0) is 14.4 Å². The highest BCUT2D eigenvalue weighted by atomic mass is 32.2. The average Bonchev–Trinajstić information content (AvgIpc) is 3.43. The topological polar surface area (TPSA) is 159 Å². The lowest BCUT2D eigenvalue weighted by Gasteiger charge is -2.44. The molecule has 2 aromatic rings. The second-order valence-electron chi connectivity index (χ2n) is 7.28. The van der Waals surface area contributed by atoms with E-state index in [0.717, 1.165) is 0 Å². The fourth-order valence-corrected chi connectivity index (χ4v) is 5.96. The zero-order valence-corrected chi connectivity index (χ0v) is 17.3. The lowest BCUT2D eigenvalue weighted by atomic mass is 9.95. The Morgan fingerprint density at radius 2 is 2.24 bits per heavy atom. The predicted molar refractivity (Wildman–Crippen MR) is 105 cm³/mol. The number of amides is 3. The van der Waals surface area contributed by atoms with E-state index in [0.29, 0.717) is 11.4 Å². The van der Waals surface area contributed by atoms with Gasteiger partial charge >= 0.3 is 0 Å². The summed E-state index contributed by atoms with van der Waals surface area (Å²) in [6, 6.07) is -0.201. The van der Waals surface area contributed by atoms with Gasteiger partial charge in [0.15, 0.2) is 5.82 Å². The summed E-state index contributed by atoms with van der Waals surface area (Å²) in [5.74, 6) is -0.684.